The molecule has 1 aromatic heterocycles. The van der Waals surface area contributed by atoms with Gasteiger partial charge in [-0.1, -0.05) is 44.2 Å². The molecule has 1 aliphatic heterocycles. The maximum absolute atomic E-state index is 12.9. The summed E-state index contributed by atoms with van der Waals surface area (Å²) in [5, 5.41) is 7.94. The smallest absolute Gasteiger partial charge is 0.237 e. The van der Waals surface area contributed by atoms with Crippen LogP contribution in [0.5, 0.6) is 5.75 Å². The summed E-state index contributed by atoms with van der Waals surface area (Å²) in [6.45, 7) is 5.38. The maximum Gasteiger partial charge on any atom is 0.237 e. The lowest BCUT2D eigenvalue weighted by molar-refractivity contribution is -0.123. The average Bonchev–Trinajstić information content (AvgIpc) is 3.06. The van der Waals surface area contributed by atoms with Gasteiger partial charge in [0, 0.05) is 23.1 Å². The Morgan fingerprint density at radius 1 is 1.17 bits per heavy atom. The number of para-hydroxylation sites is 1. The Bertz CT molecular complexity index is 965. The Hall–Kier alpha value is -2.79. The van der Waals surface area contributed by atoms with Gasteiger partial charge in [-0.25, -0.2) is 0 Å². The SMILES string of the molecule is CC(C)CC1NC(C(=O)NCCOc2ccccc2)Cc2c[nH]c3cccc1c23. The first kappa shape index (κ1) is 19.5. The van der Waals surface area contributed by atoms with Gasteiger partial charge in [-0.05, 0) is 48.1 Å². The van der Waals surface area contributed by atoms with E-state index in [0.717, 1.165) is 17.7 Å². The van der Waals surface area contributed by atoms with Gasteiger partial charge in [0.2, 0.25) is 5.91 Å². The van der Waals surface area contributed by atoms with Crippen LogP contribution in [0, 0.1) is 5.92 Å². The second-order valence-electron chi connectivity index (χ2n) is 8.14. The molecule has 0 bridgehead atoms. The number of benzene rings is 2. The summed E-state index contributed by atoms with van der Waals surface area (Å²) in [7, 11) is 0. The van der Waals surface area contributed by atoms with Crippen molar-refractivity contribution in [2.75, 3.05) is 13.2 Å². The molecule has 1 amide bonds. The number of hydrogen-bond donors (Lipinski definition) is 3. The summed E-state index contributed by atoms with van der Waals surface area (Å²) in [6.07, 6.45) is 3.72. The quantitative estimate of drug-likeness (QED) is 0.534. The first-order valence-corrected chi connectivity index (χ1v) is 10.4. The van der Waals surface area contributed by atoms with E-state index in [1.165, 1.54) is 16.5 Å². The molecule has 2 atom stereocenters. The van der Waals surface area contributed by atoms with Gasteiger partial charge >= 0.3 is 0 Å². The van der Waals surface area contributed by atoms with Gasteiger partial charge in [0.05, 0.1) is 12.6 Å². The van der Waals surface area contributed by atoms with Crippen molar-refractivity contribution in [1.29, 1.82) is 0 Å². The van der Waals surface area contributed by atoms with Crippen LogP contribution < -0.4 is 15.4 Å². The van der Waals surface area contributed by atoms with Crippen LogP contribution >= 0.6 is 0 Å². The molecular weight excluding hydrogens is 362 g/mol. The molecule has 2 aromatic carbocycles. The third kappa shape index (κ3) is 4.46. The fourth-order valence-electron chi connectivity index (χ4n) is 4.17. The summed E-state index contributed by atoms with van der Waals surface area (Å²) >= 11 is 0. The highest BCUT2D eigenvalue weighted by Crippen LogP contribution is 2.34. The molecule has 5 nitrogen and oxygen atoms in total. The second-order valence-corrected chi connectivity index (χ2v) is 8.14. The Morgan fingerprint density at radius 3 is 2.79 bits per heavy atom. The van der Waals surface area contributed by atoms with Crippen molar-refractivity contribution >= 4 is 16.8 Å². The van der Waals surface area contributed by atoms with Crippen LogP contribution in [0.4, 0.5) is 0 Å². The lowest BCUT2D eigenvalue weighted by atomic mass is 9.94. The van der Waals surface area contributed by atoms with Crippen LogP contribution in [0.3, 0.4) is 0 Å². The molecule has 2 unspecified atom stereocenters. The minimum Gasteiger partial charge on any atom is -0.492 e. The molecule has 3 aromatic rings. The van der Waals surface area contributed by atoms with Gasteiger partial charge in [-0.3, -0.25) is 10.1 Å². The van der Waals surface area contributed by atoms with E-state index in [9.17, 15) is 4.79 Å². The molecule has 1 aliphatic rings. The molecule has 0 saturated heterocycles. The zero-order chi connectivity index (χ0) is 20.2. The topological polar surface area (TPSA) is 66.2 Å². The number of hydrogen-bond acceptors (Lipinski definition) is 3. The van der Waals surface area contributed by atoms with E-state index in [4.69, 9.17) is 4.74 Å². The summed E-state index contributed by atoms with van der Waals surface area (Å²) in [5.41, 5.74) is 3.63. The molecule has 29 heavy (non-hydrogen) atoms. The third-order valence-corrected chi connectivity index (χ3v) is 5.46. The monoisotopic (exact) mass is 391 g/mol. The zero-order valence-corrected chi connectivity index (χ0v) is 17.1. The summed E-state index contributed by atoms with van der Waals surface area (Å²) in [4.78, 5) is 16.3. The van der Waals surface area contributed by atoms with Gasteiger partial charge in [0.1, 0.15) is 12.4 Å². The number of aromatic nitrogens is 1. The van der Waals surface area contributed by atoms with Crippen LogP contribution in [-0.4, -0.2) is 30.1 Å². The molecular formula is C24H29N3O2. The van der Waals surface area contributed by atoms with Gasteiger partial charge in [0.15, 0.2) is 0 Å². The molecule has 0 fully saturated rings. The molecule has 0 spiro atoms. The minimum atomic E-state index is -0.262. The zero-order valence-electron chi connectivity index (χ0n) is 17.1. The Morgan fingerprint density at radius 2 is 2.00 bits per heavy atom. The molecule has 0 saturated carbocycles. The van der Waals surface area contributed by atoms with Crippen molar-refractivity contribution in [2.45, 2.75) is 38.8 Å². The molecule has 3 N–H and O–H groups in total. The van der Waals surface area contributed by atoms with Crippen molar-refractivity contribution in [3.05, 3.63) is 65.9 Å². The van der Waals surface area contributed by atoms with E-state index >= 15 is 0 Å². The van der Waals surface area contributed by atoms with Crippen molar-refractivity contribution in [3.8, 4) is 5.75 Å². The Kier molecular flexibility index (Phi) is 5.86. The number of carbonyl (C=O) groups excluding carboxylic acids is 1. The van der Waals surface area contributed by atoms with Crippen LogP contribution in [0.25, 0.3) is 10.9 Å². The Labute approximate surface area is 171 Å². The molecule has 4 rings (SSSR count). The molecule has 5 heteroatoms. The number of ether oxygens (including phenoxy) is 1. The summed E-state index contributed by atoms with van der Waals surface area (Å²) in [5.74, 6) is 1.38. The maximum atomic E-state index is 12.9. The van der Waals surface area contributed by atoms with E-state index in [1.54, 1.807) is 0 Å². The van der Waals surface area contributed by atoms with Crippen LogP contribution in [0.2, 0.25) is 0 Å². The standard InChI is InChI=1S/C24H29N3O2/c1-16(2)13-21-19-9-6-10-20-23(19)17(15-26-20)14-22(27-21)24(28)25-11-12-29-18-7-4-3-5-8-18/h3-10,15-16,21-22,26-27H,11-14H2,1-2H3,(H,25,28). The fourth-order valence-corrected chi connectivity index (χ4v) is 4.17. The fraction of sp³-hybridized carbons (Fsp3) is 0.375. The first-order valence-electron chi connectivity index (χ1n) is 10.4. The van der Waals surface area contributed by atoms with E-state index in [0.29, 0.717) is 25.5 Å². The number of H-pyrrole nitrogens is 1. The predicted octanol–water partition coefficient (Wildman–Crippen LogP) is 3.96. The van der Waals surface area contributed by atoms with Crippen molar-refractivity contribution in [1.82, 2.24) is 15.6 Å². The first-order chi connectivity index (χ1) is 14.1. The normalized spacial score (nSPS) is 18.6. The molecule has 0 radical (unpaired) electrons. The van der Waals surface area contributed by atoms with Gasteiger partial charge in [0.25, 0.3) is 0 Å². The average molecular weight is 392 g/mol. The van der Waals surface area contributed by atoms with Crippen LogP contribution in [0.15, 0.2) is 54.7 Å². The second kappa shape index (κ2) is 8.70. The Balaban J connectivity index is 1.44. The highest BCUT2D eigenvalue weighted by Gasteiger charge is 2.29. The van der Waals surface area contributed by atoms with Gasteiger partial charge in [-0.2, -0.15) is 0 Å². The number of carbonyl (C=O) groups is 1. The van der Waals surface area contributed by atoms with Crippen molar-refractivity contribution in [3.63, 3.8) is 0 Å². The summed E-state index contributed by atoms with van der Waals surface area (Å²) in [6, 6.07) is 15.9. The van der Waals surface area contributed by atoms with Crippen molar-refractivity contribution < 1.29 is 9.53 Å². The van der Waals surface area contributed by atoms with Crippen LogP contribution in [0.1, 0.15) is 37.4 Å². The summed E-state index contributed by atoms with van der Waals surface area (Å²) < 4.78 is 5.69. The largest absolute Gasteiger partial charge is 0.492 e. The molecule has 2 heterocycles. The highest BCUT2D eigenvalue weighted by atomic mass is 16.5. The number of rotatable bonds is 7. The van der Waals surface area contributed by atoms with Gasteiger partial charge < -0.3 is 15.0 Å². The lowest BCUT2D eigenvalue weighted by Crippen LogP contribution is -2.47. The van der Waals surface area contributed by atoms with E-state index < -0.39 is 0 Å². The van der Waals surface area contributed by atoms with Crippen molar-refractivity contribution in [2.24, 2.45) is 5.92 Å². The number of aromatic amines is 1. The van der Waals surface area contributed by atoms with Gasteiger partial charge in [-0.15, -0.1) is 0 Å². The number of nitrogens with one attached hydrogen (secondary N) is 3. The van der Waals surface area contributed by atoms with Crippen LogP contribution in [-0.2, 0) is 11.2 Å². The number of amides is 1. The molecule has 0 aliphatic carbocycles. The predicted molar refractivity (Wildman–Crippen MR) is 116 cm³/mol. The molecule has 152 valence electrons. The third-order valence-electron chi connectivity index (χ3n) is 5.46. The lowest BCUT2D eigenvalue weighted by Gasteiger charge is -2.25. The minimum absolute atomic E-state index is 0.0255. The van der Waals surface area contributed by atoms with E-state index in [2.05, 4.69) is 47.7 Å². The highest BCUT2D eigenvalue weighted by molar-refractivity contribution is 5.90. The van der Waals surface area contributed by atoms with E-state index in [-0.39, 0.29) is 18.0 Å². The van der Waals surface area contributed by atoms with E-state index in [1.807, 2.05) is 36.5 Å².